The van der Waals surface area contributed by atoms with Crippen molar-refractivity contribution in [2.75, 3.05) is 0 Å². The molecule has 0 radical (unpaired) electrons. The molecule has 2 aromatic heterocycles. The summed E-state index contributed by atoms with van der Waals surface area (Å²) in [6.07, 6.45) is 1.78. The molecule has 0 aliphatic carbocycles. The zero-order valence-electron chi connectivity index (χ0n) is 11.0. The van der Waals surface area contributed by atoms with Crippen LogP contribution in [-0.4, -0.2) is 19.4 Å². The Morgan fingerprint density at radius 3 is 3.05 bits per heavy atom. The van der Waals surface area contributed by atoms with Gasteiger partial charge in [-0.25, -0.2) is 0 Å². The molecule has 0 saturated carbocycles. The summed E-state index contributed by atoms with van der Waals surface area (Å²) in [6.45, 7) is 1.38. The Labute approximate surface area is 123 Å². The lowest BCUT2D eigenvalue weighted by Gasteiger charge is -2.07. The number of imidazole rings is 1. The predicted octanol–water partition coefficient (Wildman–Crippen LogP) is 2.90. The number of nitro benzene ring substituents is 1. The highest BCUT2D eigenvalue weighted by Crippen LogP contribution is 2.33. The van der Waals surface area contributed by atoms with Crippen LogP contribution in [0.2, 0.25) is 0 Å². The third-order valence-corrected chi connectivity index (χ3v) is 3.89. The fourth-order valence-corrected chi connectivity index (χ4v) is 2.78. The van der Waals surface area contributed by atoms with Crippen molar-refractivity contribution in [3.05, 3.63) is 51.1 Å². The minimum Gasteiger partial charge on any atom is -0.437 e. The van der Waals surface area contributed by atoms with Gasteiger partial charge >= 0.3 is 0 Å². The quantitative estimate of drug-likeness (QED) is 0.591. The first kappa shape index (κ1) is 13.5. The number of ether oxygens (including phenoxy) is 1. The third-order valence-electron chi connectivity index (χ3n) is 3.13. The van der Waals surface area contributed by atoms with Gasteiger partial charge in [0.2, 0.25) is 5.88 Å². The minimum atomic E-state index is -0.457. The van der Waals surface area contributed by atoms with Gasteiger partial charge in [0, 0.05) is 17.6 Å². The summed E-state index contributed by atoms with van der Waals surface area (Å²) in [5.74, 6) is 0.609. The van der Waals surface area contributed by atoms with Crippen LogP contribution in [0.1, 0.15) is 11.3 Å². The van der Waals surface area contributed by atoms with Gasteiger partial charge in [0.15, 0.2) is 4.96 Å². The summed E-state index contributed by atoms with van der Waals surface area (Å²) in [5, 5.41) is 22.3. The van der Waals surface area contributed by atoms with E-state index in [1.54, 1.807) is 29.7 Å². The van der Waals surface area contributed by atoms with Crippen molar-refractivity contribution in [2.45, 2.75) is 13.5 Å². The van der Waals surface area contributed by atoms with Crippen molar-refractivity contribution in [1.29, 1.82) is 0 Å². The van der Waals surface area contributed by atoms with Crippen LogP contribution in [0.25, 0.3) is 4.96 Å². The molecule has 1 aromatic carbocycles. The van der Waals surface area contributed by atoms with E-state index >= 15 is 0 Å². The third kappa shape index (κ3) is 2.24. The number of aliphatic hydroxyl groups excluding tert-OH is 1. The number of aliphatic hydroxyl groups is 1. The van der Waals surface area contributed by atoms with Crippen molar-refractivity contribution < 1.29 is 14.8 Å². The Morgan fingerprint density at radius 2 is 2.33 bits per heavy atom. The van der Waals surface area contributed by atoms with Crippen molar-refractivity contribution in [3.63, 3.8) is 0 Å². The van der Waals surface area contributed by atoms with E-state index in [-0.39, 0.29) is 18.2 Å². The molecule has 0 spiro atoms. The van der Waals surface area contributed by atoms with Gasteiger partial charge in [-0.2, -0.15) is 4.98 Å². The van der Waals surface area contributed by atoms with Crippen molar-refractivity contribution >= 4 is 22.0 Å². The molecule has 1 N–H and O–H groups in total. The molecule has 0 saturated heterocycles. The standard InChI is InChI=1S/C13H11N3O4S/c1-8-9(16(18)19)3-2-4-11(8)20-12-10(7-17)15-5-6-21-13(15)14-12/h2-6,17H,7H2,1H3. The monoisotopic (exact) mass is 305 g/mol. The number of nitrogens with zero attached hydrogens (tertiary/aromatic N) is 3. The lowest BCUT2D eigenvalue weighted by molar-refractivity contribution is -0.385. The first-order valence-electron chi connectivity index (χ1n) is 6.09. The maximum absolute atomic E-state index is 10.9. The van der Waals surface area contributed by atoms with E-state index in [4.69, 9.17) is 4.74 Å². The summed E-state index contributed by atoms with van der Waals surface area (Å²) >= 11 is 1.41. The molecular formula is C13H11N3O4S. The molecule has 21 heavy (non-hydrogen) atoms. The van der Waals surface area contributed by atoms with Crippen molar-refractivity contribution in [1.82, 2.24) is 9.38 Å². The lowest BCUT2D eigenvalue weighted by atomic mass is 10.2. The number of rotatable bonds is 4. The zero-order chi connectivity index (χ0) is 15.0. The molecule has 3 rings (SSSR count). The minimum absolute atomic E-state index is 0.0148. The molecule has 7 nitrogen and oxygen atoms in total. The second-order valence-electron chi connectivity index (χ2n) is 4.34. The van der Waals surface area contributed by atoms with Gasteiger partial charge in [-0.1, -0.05) is 6.07 Å². The van der Waals surface area contributed by atoms with E-state index < -0.39 is 4.92 Å². The fraction of sp³-hybridized carbons (Fsp3) is 0.154. The van der Waals surface area contributed by atoms with Crippen LogP contribution in [0.3, 0.4) is 0 Å². The molecule has 0 fully saturated rings. The van der Waals surface area contributed by atoms with Gasteiger partial charge in [-0.15, -0.1) is 11.3 Å². The van der Waals surface area contributed by atoms with Crippen molar-refractivity contribution in [3.8, 4) is 11.6 Å². The molecule has 0 aliphatic heterocycles. The van der Waals surface area contributed by atoms with Gasteiger partial charge in [0.1, 0.15) is 11.4 Å². The Bertz CT molecular complexity index is 824. The average molecular weight is 305 g/mol. The van der Waals surface area contributed by atoms with Crippen LogP contribution in [0.15, 0.2) is 29.8 Å². The molecule has 0 aliphatic rings. The van der Waals surface area contributed by atoms with Crippen LogP contribution < -0.4 is 4.74 Å². The number of hydrogen-bond donors (Lipinski definition) is 1. The Hall–Kier alpha value is -2.45. The molecule has 8 heteroatoms. The van der Waals surface area contributed by atoms with Crippen LogP contribution in [0.5, 0.6) is 11.6 Å². The topological polar surface area (TPSA) is 89.9 Å². The number of aromatic nitrogens is 2. The number of fused-ring (bicyclic) bond motifs is 1. The highest BCUT2D eigenvalue weighted by molar-refractivity contribution is 7.15. The summed E-state index contributed by atoms with van der Waals surface area (Å²) < 4.78 is 7.40. The molecule has 0 bridgehead atoms. The van der Waals surface area contributed by atoms with E-state index in [1.807, 2.05) is 5.38 Å². The molecule has 3 aromatic rings. The maximum atomic E-state index is 10.9. The Morgan fingerprint density at radius 1 is 1.52 bits per heavy atom. The average Bonchev–Trinajstić information content (AvgIpc) is 3.01. The van der Waals surface area contributed by atoms with Gasteiger partial charge < -0.3 is 9.84 Å². The summed E-state index contributed by atoms with van der Waals surface area (Å²) in [4.78, 5) is 15.5. The van der Waals surface area contributed by atoms with E-state index in [0.29, 0.717) is 22.0 Å². The smallest absolute Gasteiger partial charge is 0.276 e. The predicted molar refractivity (Wildman–Crippen MR) is 76.9 cm³/mol. The summed E-state index contributed by atoms with van der Waals surface area (Å²) in [5.41, 5.74) is 0.916. The maximum Gasteiger partial charge on any atom is 0.276 e. The SMILES string of the molecule is Cc1c(Oc2nc3sccn3c2CO)cccc1[N+](=O)[O-]. The van der Waals surface area contributed by atoms with E-state index in [1.165, 1.54) is 17.4 Å². The van der Waals surface area contributed by atoms with E-state index in [2.05, 4.69) is 4.98 Å². The van der Waals surface area contributed by atoms with Gasteiger partial charge in [-0.05, 0) is 13.0 Å². The largest absolute Gasteiger partial charge is 0.437 e. The van der Waals surface area contributed by atoms with Crippen LogP contribution in [0.4, 0.5) is 5.69 Å². The number of nitro groups is 1. The molecule has 2 heterocycles. The summed E-state index contributed by atoms with van der Waals surface area (Å²) in [6, 6.07) is 4.61. The van der Waals surface area contributed by atoms with Crippen molar-refractivity contribution in [2.24, 2.45) is 0 Å². The second-order valence-corrected chi connectivity index (χ2v) is 5.21. The Balaban J connectivity index is 2.04. The number of benzene rings is 1. The first-order valence-corrected chi connectivity index (χ1v) is 6.97. The molecule has 108 valence electrons. The fourth-order valence-electron chi connectivity index (χ4n) is 2.05. The molecule has 0 atom stereocenters. The number of thiazole rings is 1. The van der Waals surface area contributed by atoms with Gasteiger partial charge in [0.05, 0.1) is 17.1 Å². The second kappa shape index (κ2) is 5.15. The Kier molecular flexibility index (Phi) is 3.32. The highest BCUT2D eigenvalue weighted by atomic mass is 32.1. The number of hydrogen-bond acceptors (Lipinski definition) is 6. The molecule has 0 unspecified atom stereocenters. The summed E-state index contributed by atoms with van der Waals surface area (Å²) in [7, 11) is 0. The zero-order valence-corrected chi connectivity index (χ0v) is 11.8. The van der Waals surface area contributed by atoms with Crippen LogP contribution in [0, 0.1) is 17.0 Å². The highest BCUT2D eigenvalue weighted by Gasteiger charge is 2.18. The van der Waals surface area contributed by atoms with E-state index in [9.17, 15) is 15.2 Å². The molecule has 0 amide bonds. The lowest BCUT2D eigenvalue weighted by Crippen LogP contribution is -1.97. The van der Waals surface area contributed by atoms with Gasteiger partial charge in [0.25, 0.3) is 5.69 Å². The van der Waals surface area contributed by atoms with Crippen LogP contribution in [-0.2, 0) is 6.61 Å². The van der Waals surface area contributed by atoms with Crippen LogP contribution >= 0.6 is 11.3 Å². The van der Waals surface area contributed by atoms with E-state index in [0.717, 1.165) is 0 Å². The van der Waals surface area contributed by atoms with Gasteiger partial charge in [-0.3, -0.25) is 14.5 Å². The first-order chi connectivity index (χ1) is 10.1. The normalized spacial score (nSPS) is 11.0. The molecular weight excluding hydrogens is 294 g/mol.